The van der Waals surface area contributed by atoms with Crippen LogP contribution in [0.3, 0.4) is 0 Å². The van der Waals surface area contributed by atoms with Gasteiger partial charge in [-0.2, -0.15) is 11.8 Å². The summed E-state index contributed by atoms with van der Waals surface area (Å²) in [6.45, 7) is 1.40. The molecule has 2 heterocycles. The third-order valence-electron chi connectivity index (χ3n) is 3.94. The largest absolute Gasteiger partial charge is 0.393 e. The highest BCUT2D eigenvalue weighted by molar-refractivity contribution is 7.99. The zero-order valence-electron chi connectivity index (χ0n) is 9.86. The molecule has 2 saturated heterocycles. The lowest BCUT2D eigenvalue weighted by atomic mass is 9.79. The Bertz CT molecular complexity index is 214. The van der Waals surface area contributed by atoms with Gasteiger partial charge in [0.25, 0.3) is 0 Å². The van der Waals surface area contributed by atoms with Crippen molar-refractivity contribution in [2.24, 2.45) is 11.7 Å². The second kappa shape index (κ2) is 5.71. The van der Waals surface area contributed by atoms with E-state index in [0.717, 1.165) is 38.7 Å². The molecule has 16 heavy (non-hydrogen) atoms. The summed E-state index contributed by atoms with van der Waals surface area (Å²) in [7, 11) is 0. The topological polar surface area (TPSA) is 55.5 Å². The first-order valence-corrected chi connectivity index (χ1v) is 7.51. The number of ether oxygens (including phenoxy) is 1. The van der Waals surface area contributed by atoms with Crippen LogP contribution >= 0.6 is 11.8 Å². The maximum Gasteiger partial charge on any atom is 0.0701 e. The maximum atomic E-state index is 10.0. The van der Waals surface area contributed by atoms with Crippen LogP contribution in [-0.4, -0.2) is 41.5 Å². The number of hydrogen-bond donors (Lipinski definition) is 2. The zero-order valence-corrected chi connectivity index (χ0v) is 10.7. The molecular formula is C12H23NO2S. The van der Waals surface area contributed by atoms with E-state index < -0.39 is 0 Å². The van der Waals surface area contributed by atoms with Crippen LogP contribution in [0.1, 0.15) is 32.1 Å². The lowest BCUT2D eigenvalue weighted by Gasteiger charge is -2.44. The van der Waals surface area contributed by atoms with E-state index in [1.807, 2.05) is 11.8 Å². The SMILES string of the molecule is NCCC(O)C1CCOC2(CCSCC2)C1. The molecule has 2 atom stereocenters. The summed E-state index contributed by atoms with van der Waals surface area (Å²) in [4.78, 5) is 0. The van der Waals surface area contributed by atoms with E-state index in [-0.39, 0.29) is 11.7 Å². The van der Waals surface area contributed by atoms with Crippen molar-refractivity contribution < 1.29 is 9.84 Å². The van der Waals surface area contributed by atoms with Crippen LogP contribution in [0.25, 0.3) is 0 Å². The summed E-state index contributed by atoms with van der Waals surface area (Å²) in [5.74, 6) is 2.82. The Labute approximate surface area is 102 Å². The molecule has 2 fully saturated rings. The maximum absolute atomic E-state index is 10.0. The van der Waals surface area contributed by atoms with Crippen LogP contribution in [0.4, 0.5) is 0 Å². The van der Waals surface area contributed by atoms with Gasteiger partial charge in [-0.25, -0.2) is 0 Å². The second-order valence-electron chi connectivity index (χ2n) is 5.04. The highest BCUT2D eigenvalue weighted by Crippen LogP contribution is 2.40. The fraction of sp³-hybridized carbons (Fsp3) is 1.00. The first kappa shape index (κ1) is 12.7. The monoisotopic (exact) mass is 245 g/mol. The lowest BCUT2D eigenvalue weighted by molar-refractivity contribution is -0.121. The summed E-state index contributed by atoms with van der Waals surface area (Å²) >= 11 is 2.02. The van der Waals surface area contributed by atoms with Crippen LogP contribution in [0.15, 0.2) is 0 Å². The Kier molecular flexibility index (Phi) is 4.53. The molecule has 3 N–H and O–H groups in total. The highest BCUT2D eigenvalue weighted by atomic mass is 32.2. The van der Waals surface area contributed by atoms with E-state index in [4.69, 9.17) is 10.5 Å². The van der Waals surface area contributed by atoms with Crippen LogP contribution in [0.5, 0.6) is 0 Å². The molecule has 0 bridgehead atoms. The Morgan fingerprint density at radius 3 is 2.88 bits per heavy atom. The average molecular weight is 245 g/mol. The first-order valence-electron chi connectivity index (χ1n) is 6.36. The second-order valence-corrected chi connectivity index (χ2v) is 6.27. The van der Waals surface area contributed by atoms with Crippen molar-refractivity contribution in [3.8, 4) is 0 Å². The smallest absolute Gasteiger partial charge is 0.0701 e. The molecule has 2 rings (SSSR count). The number of thioether (sulfide) groups is 1. The fourth-order valence-corrected chi connectivity index (χ4v) is 4.13. The Morgan fingerprint density at radius 2 is 2.19 bits per heavy atom. The normalized spacial score (nSPS) is 31.5. The van der Waals surface area contributed by atoms with E-state index in [9.17, 15) is 5.11 Å². The molecule has 0 amide bonds. The van der Waals surface area contributed by atoms with Crippen molar-refractivity contribution in [2.45, 2.75) is 43.8 Å². The Balaban J connectivity index is 1.92. The minimum atomic E-state index is -0.222. The van der Waals surface area contributed by atoms with Crippen molar-refractivity contribution in [1.82, 2.24) is 0 Å². The molecular weight excluding hydrogens is 222 g/mol. The summed E-state index contributed by atoms with van der Waals surface area (Å²) in [5.41, 5.74) is 5.60. The highest BCUT2D eigenvalue weighted by Gasteiger charge is 2.40. The first-order chi connectivity index (χ1) is 7.76. The Morgan fingerprint density at radius 1 is 1.44 bits per heavy atom. The van der Waals surface area contributed by atoms with Crippen molar-refractivity contribution in [3.05, 3.63) is 0 Å². The third-order valence-corrected chi connectivity index (χ3v) is 4.93. The molecule has 1 spiro atoms. The Hall–Kier alpha value is 0.230. The van der Waals surface area contributed by atoms with Crippen molar-refractivity contribution in [1.29, 1.82) is 0 Å². The third kappa shape index (κ3) is 2.92. The van der Waals surface area contributed by atoms with Gasteiger partial charge < -0.3 is 15.6 Å². The van der Waals surface area contributed by atoms with Crippen molar-refractivity contribution >= 4 is 11.8 Å². The minimum Gasteiger partial charge on any atom is -0.393 e. The predicted octanol–water partition coefficient (Wildman–Crippen LogP) is 1.39. The van der Waals surface area contributed by atoms with E-state index in [2.05, 4.69) is 0 Å². The minimum absolute atomic E-state index is 0.0870. The van der Waals surface area contributed by atoms with E-state index in [0.29, 0.717) is 12.5 Å². The van der Waals surface area contributed by atoms with Gasteiger partial charge in [-0.15, -0.1) is 0 Å². The lowest BCUT2D eigenvalue weighted by Crippen LogP contribution is -2.45. The molecule has 0 aliphatic carbocycles. The van der Waals surface area contributed by atoms with E-state index in [1.165, 1.54) is 11.5 Å². The van der Waals surface area contributed by atoms with Crippen LogP contribution in [-0.2, 0) is 4.74 Å². The van der Waals surface area contributed by atoms with Crippen molar-refractivity contribution in [3.63, 3.8) is 0 Å². The van der Waals surface area contributed by atoms with Gasteiger partial charge in [-0.3, -0.25) is 0 Å². The summed E-state index contributed by atoms with van der Waals surface area (Å²) < 4.78 is 6.01. The zero-order chi connectivity index (χ0) is 11.4. The average Bonchev–Trinajstić information content (AvgIpc) is 2.30. The van der Waals surface area contributed by atoms with Crippen LogP contribution in [0, 0.1) is 5.92 Å². The molecule has 2 unspecified atom stereocenters. The van der Waals surface area contributed by atoms with Gasteiger partial charge in [0, 0.05) is 6.61 Å². The van der Waals surface area contributed by atoms with Gasteiger partial charge in [-0.05, 0) is 56.1 Å². The van der Waals surface area contributed by atoms with Gasteiger partial charge in [0.05, 0.1) is 11.7 Å². The fourth-order valence-electron chi connectivity index (χ4n) is 2.89. The van der Waals surface area contributed by atoms with Crippen LogP contribution < -0.4 is 5.73 Å². The number of rotatable bonds is 3. The molecule has 4 heteroatoms. The predicted molar refractivity (Wildman–Crippen MR) is 67.6 cm³/mol. The molecule has 94 valence electrons. The van der Waals surface area contributed by atoms with E-state index >= 15 is 0 Å². The molecule has 0 aromatic rings. The number of aliphatic hydroxyl groups is 1. The standard InChI is InChI=1S/C12H23NO2S/c13-5-1-11(14)10-2-6-15-12(9-10)3-7-16-8-4-12/h10-11,14H,1-9,13H2. The molecule has 0 saturated carbocycles. The quantitative estimate of drug-likeness (QED) is 0.789. The number of nitrogens with two attached hydrogens (primary N) is 1. The number of hydrogen-bond acceptors (Lipinski definition) is 4. The molecule has 0 radical (unpaired) electrons. The van der Waals surface area contributed by atoms with Crippen LogP contribution in [0.2, 0.25) is 0 Å². The molecule has 3 nitrogen and oxygen atoms in total. The van der Waals surface area contributed by atoms with Crippen molar-refractivity contribution in [2.75, 3.05) is 24.7 Å². The molecule has 2 aliphatic heterocycles. The molecule has 2 aliphatic rings. The van der Waals surface area contributed by atoms with Gasteiger partial charge in [0.15, 0.2) is 0 Å². The van der Waals surface area contributed by atoms with Gasteiger partial charge in [-0.1, -0.05) is 0 Å². The van der Waals surface area contributed by atoms with Gasteiger partial charge in [0.2, 0.25) is 0 Å². The number of aliphatic hydroxyl groups excluding tert-OH is 1. The molecule has 0 aromatic heterocycles. The summed E-state index contributed by atoms with van der Waals surface area (Å²) in [5, 5.41) is 10.0. The van der Waals surface area contributed by atoms with Gasteiger partial charge in [0.1, 0.15) is 0 Å². The molecule has 0 aromatic carbocycles. The summed E-state index contributed by atoms with van der Waals surface area (Å²) in [6, 6.07) is 0. The van der Waals surface area contributed by atoms with E-state index in [1.54, 1.807) is 0 Å². The summed E-state index contributed by atoms with van der Waals surface area (Å²) in [6.07, 6.45) is 4.85. The van der Waals surface area contributed by atoms with Gasteiger partial charge >= 0.3 is 0 Å².